The Balaban J connectivity index is 2.05. The molecule has 0 amide bonds. The Kier molecular flexibility index (Phi) is 4.37. The molecule has 1 aromatic carbocycles. The van der Waals surface area contributed by atoms with E-state index in [0.717, 1.165) is 5.56 Å². The molecule has 0 aliphatic heterocycles. The van der Waals surface area contributed by atoms with E-state index in [4.69, 9.17) is 5.73 Å². The summed E-state index contributed by atoms with van der Waals surface area (Å²) < 4.78 is 51.2. The number of hydrogen-bond donors (Lipinski definition) is 1. The van der Waals surface area contributed by atoms with E-state index in [9.17, 15) is 17.6 Å². The number of rotatable bonds is 2. The van der Waals surface area contributed by atoms with Crippen molar-refractivity contribution in [2.75, 3.05) is 0 Å². The average molecular weight is 289 g/mol. The van der Waals surface area contributed by atoms with Crippen LogP contribution in [-0.2, 0) is 0 Å². The molecule has 0 saturated heterocycles. The van der Waals surface area contributed by atoms with Gasteiger partial charge in [-0.25, -0.2) is 4.39 Å². The Morgan fingerprint density at radius 1 is 1.15 bits per heavy atom. The highest BCUT2D eigenvalue weighted by atomic mass is 19.4. The Bertz CT molecular complexity index is 461. The van der Waals surface area contributed by atoms with E-state index < -0.39 is 12.1 Å². The highest BCUT2D eigenvalue weighted by molar-refractivity contribution is 5.29. The highest BCUT2D eigenvalue weighted by Crippen LogP contribution is 2.42. The first-order valence-electron chi connectivity index (χ1n) is 6.87. The van der Waals surface area contributed by atoms with E-state index in [1.807, 2.05) is 6.92 Å². The van der Waals surface area contributed by atoms with Crippen LogP contribution in [0.25, 0.3) is 0 Å². The van der Waals surface area contributed by atoms with Crippen molar-refractivity contribution in [1.82, 2.24) is 0 Å². The minimum atomic E-state index is -4.11. The van der Waals surface area contributed by atoms with Gasteiger partial charge in [-0.05, 0) is 61.8 Å². The van der Waals surface area contributed by atoms with Gasteiger partial charge in [0.1, 0.15) is 5.82 Å². The molecule has 1 fully saturated rings. The van der Waals surface area contributed by atoms with Gasteiger partial charge in [0.15, 0.2) is 0 Å². The molecule has 1 unspecified atom stereocenters. The fraction of sp³-hybridized carbons (Fsp3) is 0.600. The zero-order valence-corrected chi connectivity index (χ0v) is 11.4. The van der Waals surface area contributed by atoms with Crippen LogP contribution in [0.4, 0.5) is 17.6 Å². The average Bonchev–Trinajstić information content (AvgIpc) is 2.40. The zero-order valence-electron chi connectivity index (χ0n) is 11.4. The third-order valence-corrected chi connectivity index (χ3v) is 4.34. The first kappa shape index (κ1) is 15.3. The fourth-order valence-electron chi connectivity index (χ4n) is 3.03. The van der Waals surface area contributed by atoms with Gasteiger partial charge < -0.3 is 5.73 Å². The van der Waals surface area contributed by atoms with Gasteiger partial charge in [0.05, 0.1) is 5.92 Å². The second-order valence-corrected chi connectivity index (χ2v) is 5.68. The third-order valence-electron chi connectivity index (χ3n) is 4.34. The quantitative estimate of drug-likeness (QED) is 0.797. The molecule has 0 radical (unpaired) electrons. The Hall–Kier alpha value is -1.10. The summed E-state index contributed by atoms with van der Waals surface area (Å²) in [6.07, 6.45) is -2.97. The number of benzene rings is 1. The summed E-state index contributed by atoms with van der Waals surface area (Å²) in [5, 5.41) is 0. The van der Waals surface area contributed by atoms with Crippen molar-refractivity contribution in [3.8, 4) is 0 Å². The molecule has 1 aromatic rings. The van der Waals surface area contributed by atoms with Crippen molar-refractivity contribution < 1.29 is 17.6 Å². The molecule has 1 saturated carbocycles. The molecule has 20 heavy (non-hydrogen) atoms. The van der Waals surface area contributed by atoms with E-state index >= 15 is 0 Å². The number of hydrogen-bond acceptors (Lipinski definition) is 1. The highest BCUT2D eigenvalue weighted by Gasteiger charge is 2.42. The Morgan fingerprint density at radius 2 is 1.75 bits per heavy atom. The van der Waals surface area contributed by atoms with Gasteiger partial charge in [-0.1, -0.05) is 6.07 Å². The molecule has 2 rings (SSSR count). The van der Waals surface area contributed by atoms with Crippen molar-refractivity contribution in [2.45, 2.75) is 44.8 Å². The smallest absolute Gasteiger partial charge is 0.324 e. The topological polar surface area (TPSA) is 26.0 Å². The van der Waals surface area contributed by atoms with Gasteiger partial charge in [-0.2, -0.15) is 13.2 Å². The largest absolute Gasteiger partial charge is 0.391 e. The van der Waals surface area contributed by atoms with Crippen LogP contribution in [0.5, 0.6) is 0 Å². The molecule has 2 N–H and O–H groups in total. The molecule has 0 heterocycles. The summed E-state index contributed by atoms with van der Waals surface area (Å²) in [5.74, 6) is -1.57. The summed E-state index contributed by atoms with van der Waals surface area (Å²) in [4.78, 5) is 0. The number of nitrogens with two attached hydrogens (primary N) is 1. The molecule has 1 aliphatic rings. The number of halogens is 4. The summed E-state index contributed by atoms with van der Waals surface area (Å²) in [6.45, 7) is 1.84. The van der Waals surface area contributed by atoms with Crippen molar-refractivity contribution in [3.05, 3.63) is 35.1 Å². The van der Waals surface area contributed by atoms with Crippen molar-refractivity contribution in [2.24, 2.45) is 17.6 Å². The molecule has 1 aliphatic carbocycles. The summed E-state index contributed by atoms with van der Waals surface area (Å²) in [5.41, 5.74) is 7.74. The molecule has 1 nitrogen and oxygen atoms in total. The van der Waals surface area contributed by atoms with Gasteiger partial charge >= 0.3 is 6.18 Å². The molecule has 1 atom stereocenters. The second-order valence-electron chi connectivity index (χ2n) is 5.68. The van der Waals surface area contributed by atoms with E-state index in [0.29, 0.717) is 18.4 Å². The predicted octanol–water partition coefficient (Wildman–Crippen LogP) is 4.50. The lowest BCUT2D eigenvalue weighted by atomic mass is 9.76. The maximum Gasteiger partial charge on any atom is 0.391 e. The summed E-state index contributed by atoms with van der Waals surface area (Å²) in [6, 6.07) is 4.04. The normalized spacial score (nSPS) is 25.5. The number of aryl methyl sites for hydroxylation is 1. The maximum atomic E-state index is 13.3. The summed E-state index contributed by atoms with van der Waals surface area (Å²) in [7, 11) is 0. The minimum absolute atomic E-state index is 0.00546. The fourth-order valence-corrected chi connectivity index (χ4v) is 3.03. The van der Waals surface area contributed by atoms with E-state index in [-0.39, 0.29) is 30.6 Å². The molecule has 5 heteroatoms. The van der Waals surface area contributed by atoms with Gasteiger partial charge in [-0.15, -0.1) is 0 Å². The van der Waals surface area contributed by atoms with E-state index in [2.05, 4.69) is 0 Å². The van der Waals surface area contributed by atoms with Gasteiger partial charge in [0.2, 0.25) is 0 Å². The summed E-state index contributed by atoms with van der Waals surface area (Å²) >= 11 is 0. The molecule has 0 bridgehead atoms. The first-order chi connectivity index (χ1) is 9.29. The minimum Gasteiger partial charge on any atom is -0.324 e. The van der Waals surface area contributed by atoms with Crippen molar-refractivity contribution in [1.29, 1.82) is 0 Å². The first-order valence-corrected chi connectivity index (χ1v) is 6.87. The number of alkyl halides is 3. The Labute approximate surface area is 116 Å². The molecule has 112 valence electrons. The maximum absolute atomic E-state index is 13.3. The van der Waals surface area contributed by atoms with Crippen LogP contribution in [0, 0.1) is 24.6 Å². The van der Waals surface area contributed by atoms with E-state index in [1.54, 1.807) is 6.07 Å². The van der Waals surface area contributed by atoms with Gasteiger partial charge in [0, 0.05) is 6.04 Å². The SMILES string of the molecule is Cc1ccc(F)cc1C(N)C1CCC(C(F)(F)F)CC1. The van der Waals surface area contributed by atoms with Crippen molar-refractivity contribution in [3.63, 3.8) is 0 Å². The lowest BCUT2D eigenvalue weighted by molar-refractivity contribution is -0.184. The van der Waals surface area contributed by atoms with E-state index in [1.165, 1.54) is 12.1 Å². The lowest BCUT2D eigenvalue weighted by Crippen LogP contribution is -2.32. The zero-order chi connectivity index (χ0) is 14.9. The molecule has 0 aromatic heterocycles. The second kappa shape index (κ2) is 5.72. The van der Waals surface area contributed by atoms with Crippen LogP contribution in [0.1, 0.15) is 42.9 Å². The Morgan fingerprint density at radius 3 is 2.30 bits per heavy atom. The van der Waals surface area contributed by atoms with Crippen LogP contribution in [0.15, 0.2) is 18.2 Å². The van der Waals surface area contributed by atoms with Crippen molar-refractivity contribution >= 4 is 0 Å². The van der Waals surface area contributed by atoms with Crippen LogP contribution >= 0.6 is 0 Å². The monoisotopic (exact) mass is 289 g/mol. The van der Waals surface area contributed by atoms with Gasteiger partial charge in [0.25, 0.3) is 0 Å². The third kappa shape index (κ3) is 3.32. The molecular formula is C15H19F4N. The standard InChI is InChI=1S/C15H19F4N/c1-9-2-7-12(16)8-13(9)14(20)10-3-5-11(6-4-10)15(17,18)19/h2,7-8,10-11,14H,3-6,20H2,1H3. The lowest BCUT2D eigenvalue weighted by Gasteiger charge is -2.33. The van der Waals surface area contributed by atoms with Crippen LogP contribution in [0.3, 0.4) is 0 Å². The van der Waals surface area contributed by atoms with Crippen LogP contribution < -0.4 is 5.73 Å². The molecular weight excluding hydrogens is 270 g/mol. The predicted molar refractivity (Wildman–Crippen MR) is 69.6 cm³/mol. The van der Waals surface area contributed by atoms with Gasteiger partial charge in [-0.3, -0.25) is 0 Å². The molecule has 0 spiro atoms. The van der Waals surface area contributed by atoms with Crippen LogP contribution in [0.2, 0.25) is 0 Å². The van der Waals surface area contributed by atoms with Crippen LogP contribution in [-0.4, -0.2) is 6.18 Å².